The number of aromatic nitrogens is 1. The third kappa shape index (κ3) is 7.27. The summed E-state index contributed by atoms with van der Waals surface area (Å²) >= 11 is 1.06. The van der Waals surface area contributed by atoms with E-state index in [9.17, 15) is 18.8 Å². The van der Waals surface area contributed by atoms with E-state index >= 15 is 0 Å². The molecule has 0 radical (unpaired) electrons. The van der Waals surface area contributed by atoms with Crippen LogP contribution in [0, 0.1) is 12.7 Å². The average molecular weight is 410 g/mol. The number of halogens is 1. The molecule has 1 aromatic carbocycles. The number of carbonyl (C=O) groups is 3. The molecule has 0 saturated heterocycles. The third-order valence-corrected chi connectivity index (χ3v) is 4.12. The molecule has 9 nitrogen and oxygen atoms in total. The minimum absolute atomic E-state index is 0.0252. The van der Waals surface area contributed by atoms with Crippen molar-refractivity contribution in [3.63, 3.8) is 0 Å². The van der Waals surface area contributed by atoms with Crippen LogP contribution in [0.25, 0.3) is 0 Å². The summed E-state index contributed by atoms with van der Waals surface area (Å²) in [5, 5.41) is 6.15. The standard InChI is InChI=1S/C17H19FN4O5S/c1-10-7-14(22-27-10)19-15(23)8-28-9-16(24)20-21-17(25)11(2)26-13-5-3-12(18)4-6-13/h3-7,11H,8-9H2,1-2H3,(H,20,24)(H,21,25)(H,19,22,23). The lowest BCUT2D eigenvalue weighted by atomic mass is 10.3. The van der Waals surface area contributed by atoms with Crippen LogP contribution in [-0.2, 0) is 14.4 Å². The van der Waals surface area contributed by atoms with Crippen molar-refractivity contribution in [1.29, 1.82) is 0 Å². The highest BCUT2D eigenvalue weighted by Gasteiger charge is 2.15. The predicted molar refractivity (Wildman–Crippen MR) is 100.0 cm³/mol. The molecule has 3 N–H and O–H groups in total. The number of anilines is 1. The minimum atomic E-state index is -0.907. The van der Waals surface area contributed by atoms with Gasteiger partial charge in [-0.1, -0.05) is 5.16 Å². The van der Waals surface area contributed by atoms with E-state index < -0.39 is 23.7 Å². The number of hydrazine groups is 1. The zero-order valence-corrected chi connectivity index (χ0v) is 16.0. The van der Waals surface area contributed by atoms with E-state index in [1.165, 1.54) is 31.2 Å². The second-order valence-corrected chi connectivity index (χ2v) is 6.60. The Balaban J connectivity index is 1.62. The SMILES string of the molecule is Cc1cc(NC(=O)CSCC(=O)NNC(=O)C(C)Oc2ccc(F)cc2)no1. The first-order valence-corrected chi connectivity index (χ1v) is 9.31. The van der Waals surface area contributed by atoms with Crippen LogP contribution in [0.4, 0.5) is 10.2 Å². The van der Waals surface area contributed by atoms with Gasteiger partial charge in [-0.3, -0.25) is 25.2 Å². The van der Waals surface area contributed by atoms with Crippen molar-refractivity contribution < 1.29 is 28.0 Å². The van der Waals surface area contributed by atoms with E-state index in [0.717, 1.165) is 11.8 Å². The maximum absolute atomic E-state index is 12.8. The molecule has 2 aromatic rings. The van der Waals surface area contributed by atoms with Crippen LogP contribution < -0.4 is 20.9 Å². The van der Waals surface area contributed by atoms with Gasteiger partial charge in [-0.05, 0) is 38.1 Å². The molecule has 1 unspecified atom stereocenters. The number of amides is 3. The Morgan fingerprint density at radius 3 is 2.50 bits per heavy atom. The monoisotopic (exact) mass is 410 g/mol. The molecule has 0 aliphatic carbocycles. The summed E-state index contributed by atoms with van der Waals surface area (Å²) < 4.78 is 23.0. The van der Waals surface area contributed by atoms with Crippen molar-refractivity contribution >= 4 is 35.3 Å². The Bertz CT molecular complexity index is 827. The summed E-state index contributed by atoms with van der Waals surface area (Å²) in [5.41, 5.74) is 4.45. The number of hydrogen-bond donors (Lipinski definition) is 3. The lowest BCUT2D eigenvalue weighted by Gasteiger charge is -2.15. The van der Waals surface area contributed by atoms with Crippen LogP contribution in [0.2, 0.25) is 0 Å². The summed E-state index contributed by atoms with van der Waals surface area (Å²) in [4.78, 5) is 35.3. The van der Waals surface area contributed by atoms with Crippen LogP contribution in [-0.4, -0.2) is 40.5 Å². The molecule has 2 rings (SSSR count). The maximum atomic E-state index is 12.8. The Labute approximate surface area is 164 Å². The zero-order valence-electron chi connectivity index (χ0n) is 15.2. The number of hydrogen-bond acceptors (Lipinski definition) is 7. The summed E-state index contributed by atoms with van der Waals surface area (Å²) in [7, 11) is 0. The predicted octanol–water partition coefficient (Wildman–Crippen LogP) is 1.41. The fraction of sp³-hybridized carbons (Fsp3) is 0.294. The van der Waals surface area contributed by atoms with Crippen molar-refractivity contribution in [2.24, 2.45) is 0 Å². The van der Waals surface area contributed by atoms with Crippen LogP contribution >= 0.6 is 11.8 Å². The van der Waals surface area contributed by atoms with Gasteiger partial charge < -0.3 is 14.6 Å². The summed E-state index contributed by atoms with van der Waals surface area (Å²) in [6.45, 7) is 3.18. The number of rotatable bonds is 8. The number of thioether (sulfide) groups is 1. The van der Waals surface area contributed by atoms with Crippen molar-refractivity contribution in [2.75, 3.05) is 16.8 Å². The molecule has 1 aromatic heterocycles. The van der Waals surface area contributed by atoms with E-state index in [-0.39, 0.29) is 17.4 Å². The van der Waals surface area contributed by atoms with Gasteiger partial charge in [-0.25, -0.2) is 4.39 Å². The van der Waals surface area contributed by atoms with Gasteiger partial charge in [-0.2, -0.15) is 0 Å². The molecule has 0 aliphatic heterocycles. The number of benzene rings is 1. The van der Waals surface area contributed by atoms with E-state index in [2.05, 4.69) is 21.3 Å². The Morgan fingerprint density at radius 1 is 1.18 bits per heavy atom. The quantitative estimate of drug-likeness (QED) is 0.562. The smallest absolute Gasteiger partial charge is 0.279 e. The van der Waals surface area contributed by atoms with Crippen LogP contribution in [0.1, 0.15) is 12.7 Å². The van der Waals surface area contributed by atoms with Crippen molar-refractivity contribution in [3.8, 4) is 5.75 Å². The van der Waals surface area contributed by atoms with Crippen LogP contribution in [0.3, 0.4) is 0 Å². The molecule has 0 bridgehead atoms. The lowest BCUT2D eigenvalue weighted by Crippen LogP contribution is -2.47. The van der Waals surface area contributed by atoms with Gasteiger partial charge in [0.1, 0.15) is 17.3 Å². The minimum Gasteiger partial charge on any atom is -0.481 e. The molecular formula is C17H19FN4O5S. The normalized spacial score (nSPS) is 11.4. The molecule has 0 aliphatic rings. The van der Waals surface area contributed by atoms with Gasteiger partial charge in [0.05, 0.1) is 11.5 Å². The Morgan fingerprint density at radius 2 is 1.86 bits per heavy atom. The van der Waals surface area contributed by atoms with Gasteiger partial charge in [0.15, 0.2) is 11.9 Å². The number of nitrogens with zero attached hydrogens (tertiary/aromatic N) is 1. The third-order valence-electron chi connectivity index (χ3n) is 3.18. The van der Waals surface area contributed by atoms with Gasteiger partial charge in [-0.15, -0.1) is 11.8 Å². The van der Waals surface area contributed by atoms with Crippen LogP contribution in [0.15, 0.2) is 34.9 Å². The van der Waals surface area contributed by atoms with E-state index in [1.807, 2.05) is 0 Å². The second kappa shape index (κ2) is 10.3. The fourth-order valence-corrected chi connectivity index (χ4v) is 2.50. The summed E-state index contributed by atoms with van der Waals surface area (Å²) in [5.74, 6) is -0.657. The molecule has 150 valence electrons. The highest BCUT2D eigenvalue weighted by Crippen LogP contribution is 2.13. The molecule has 1 atom stereocenters. The molecule has 0 saturated carbocycles. The highest BCUT2D eigenvalue weighted by atomic mass is 32.2. The van der Waals surface area contributed by atoms with Crippen molar-refractivity contribution in [2.45, 2.75) is 20.0 Å². The van der Waals surface area contributed by atoms with Crippen LogP contribution in [0.5, 0.6) is 5.75 Å². The molecule has 0 fully saturated rings. The molecular weight excluding hydrogens is 391 g/mol. The maximum Gasteiger partial charge on any atom is 0.279 e. The average Bonchev–Trinajstić information content (AvgIpc) is 3.06. The van der Waals surface area contributed by atoms with Crippen molar-refractivity contribution in [3.05, 3.63) is 41.9 Å². The first-order chi connectivity index (χ1) is 13.3. The number of ether oxygens (including phenoxy) is 1. The lowest BCUT2D eigenvalue weighted by molar-refractivity contribution is -0.131. The fourth-order valence-electron chi connectivity index (χ4n) is 1.88. The summed E-state index contributed by atoms with van der Waals surface area (Å²) in [6, 6.07) is 6.76. The largest absolute Gasteiger partial charge is 0.481 e. The second-order valence-electron chi connectivity index (χ2n) is 5.62. The van der Waals surface area contributed by atoms with Gasteiger partial charge in [0, 0.05) is 6.07 Å². The first kappa shape index (κ1) is 21.2. The number of nitrogens with one attached hydrogen (secondary N) is 3. The molecule has 1 heterocycles. The first-order valence-electron chi connectivity index (χ1n) is 8.15. The Hall–Kier alpha value is -3.08. The van der Waals surface area contributed by atoms with Gasteiger partial charge >= 0.3 is 0 Å². The number of carbonyl (C=O) groups excluding carboxylic acids is 3. The summed E-state index contributed by atoms with van der Waals surface area (Å²) in [6.07, 6.45) is -0.907. The van der Waals surface area contributed by atoms with Gasteiger partial charge in [0.2, 0.25) is 11.8 Å². The topological polar surface area (TPSA) is 123 Å². The van der Waals surface area contributed by atoms with Gasteiger partial charge in [0.25, 0.3) is 5.91 Å². The highest BCUT2D eigenvalue weighted by molar-refractivity contribution is 8.00. The van der Waals surface area contributed by atoms with E-state index in [1.54, 1.807) is 13.0 Å². The van der Waals surface area contributed by atoms with E-state index in [4.69, 9.17) is 9.26 Å². The van der Waals surface area contributed by atoms with Crippen molar-refractivity contribution in [1.82, 2.24) is 16.0 Å². The molecule has 28 heavy (non-hydrogen) atoms. The number of aryl methyl sites for hydroxylation is 1. The molecule has 11 heteroatoms. The molecule has 3 amide bonds. The Kier molecular flexibility index (Phi) is 7.81. The molecule has 0 spiro atoms. The zero-order chi connectivity index (χ0) is 20.5. The van der Waals surface area contributed by atoms with E-state index in [0.29, 0.717) is 17.3 Å².